The molecule has 4 heteroatoms. The number of benzene rings is 2. The van der Waals surface area contributed by atoms with E-state index in [4.69, 9.17) is 0 Å². The van der Waals surface area contributed by atoms with Crippen LogP contribution in [0.4, 0.5) is 5.69 Å². The van der Waals surface area contributed by atoms with E-state index in [1.54, 1.807) is 18.2 Å². The van der Waals surface area contributed by atoms with E-state index >= 15 is 0 Å². The first kappa shape index (κ1) is 13.1. The minimum Gasteiger partial charge on any atom is -0.326 e. The number of carbonyl (C=O) groups excluding carboxylic acids is 2. The first-order valence-electron chi connectivity index (χ1n) is 6.28. The molecule has 3 rings (SSSR count). The lowest BCUT2D eigenvalue weighted by atomic mass is 9.99. The summed E-state index contributed by atoms with van der Waals surface area (Å²) in [5, 5.41) is 2.76. The average Bonchev–Trinajstić information content (AvgIpc) is 2.77. The van der Waals surface area contributed by atoms with Gasteiger partial charge in [-0.25, -0.2) is 0 Å². The molecule has 20 heavy (non-hydrogen) atoms. The van der Waals surface area contributed by atoms with Crippen LogP contribution < -0.4 is 5.32 Å². The van der Waals surface area contributed by atoms with Gasteiger partial charge in [-0.05, 0) is 48.4 Å². The van der Waals surface area contributed by atoms with Crippen LogP contribution in [0.15, 0.2) is 40.9 Å². The van der Waals surface area contributed by atoms with Crippen LogP contribution in [0, 0.1) is 6.92 Å². The van der Waals surface area contributed by atoms with Crippen LogP contribution in [-0.4, -0.2) is 11.7 Å². The molecule has 1 aliphatic rings. The fourth-order valence-electron chi connectivity index (χ4n) is 2.33. The van der Waals surface area contributed by atoms with E-state index in [0.717, 1.165) is 21.3 Å². The second kappa shape index (κ2) is 4.87. The summed E-state index contributed by atoms with van der Waals surface area (Å²) in [6.07, 6.45) is 0.339. The van der Waals surface area contributed by atoms with E-state index in [1.807, 2.05) is 25.1 Å². The maximum Gasteiger partial charge on any atom is 0.228 e. The number of rotatable bonds is 2. The van der Waals surface area contributed by atoms with Crippen molar-refractivity contribution in [1.29, 1.82) is 0 Å². The van der Waals surface area contributed by atoms with Gasteiger partial charge in [0.1, 0.15) is 0 Å². The zero-order chi connectivity index (χ0) is 14.3. The number of halogens is 1. The molecule has 0 unspecified atom stereocenters. The Bertz CT molecular complexity index is 737. The molecule has 100 valence electrons. The summed E-state index contributed by atoms with van der Waals surface area (Å²) < 4.78 is 0.789. The molecule has 0 atom stereocenters. The van der Waals surface area contributed by atoms with Gasteiger partial charge >= 0.3 is 0 Å². The van der Waals surface area contributed by atoms with Crippen molar-refractivity contribution in [3.8, 4) is 0 Å². The molecule has 1 amide bonds. The predicted molar refractivity (Wildman–Crippen MR) is 81.1 cm³/mol. The highest BCUT2D eigenvalue weighted by Gasteiger charge is 2.20. The molecule has 0 radical (unpaired) electrons. The number of hydrogen-bond donors (Lipinski definition) is 1. The van der Waals surface area contributed by atoms with Crippen molar-refractivity contribution in [3.63, 3.8) is 0 Å². The third-order valence-electron chi connectivity index (χ3n) is 3.36. The smallest absolute Gasteiger partial charge is 0.228 e. The van der Waals surface area contributed by atoms with Gasteiger partial charge in [0.15, 0.2) is 5.78 Å². The number of amides is 1. The third kappa shape index (κ3) is 2.27. The normalized spacial score (nSPS) is 13.0. The van der Waals surface area contributed by atoms with Crippen LogP contribution in [0.3, 0.4) is 0 Å². The zero-order valence-corrected chi connectivity index (χ0v) is 12.5. The maximum absolute atomic E-state index is 12.5. The van der Waals surface area contributed by atoms with E-state index in [9.17, 15) is 9.59 Å². The Morgan fingerprint density at radius 2 is 2.00 bits per heavy atom. The number of carbonyl (C=O) groups is 2. The molecular weight excluding hydrogens is 318 g/mol. The molecule has 1 N–H and O–H groups in total. The van der Waals surface area contributed by atoms with Crippen LogP contribution in [0.1, 0.15) is 27.0 Å². The Balaban J connectivity index is 1.99. The Morgan fingerprint density at radius 1 is 1.20 bits per heavy atom. The van der Waals surface area contributed by atoms with Gasteiger partial charge in [0.25, 0.3) is 0 Å². The van der Waals surface area contributed by atoms with E-state index < -0.39 is 0 Å². The molecule has 1 heterocycles. The van der Waals surface area contributed by atoms with E-state index in [2.05, 4.69) is 21.2 Å². The summed E-state index contributed by atoms with van der Waals surface area (Å²) in [4.78, 5) is 23.9. The van der Waals surface area contributed by atoms with Gasteiger partial charge in [-0.15, -0.1) is 0 Å². The van der Waals surface area contributed by atoms with Gasteiger partial charge in [-0.2, -0.15) is 0 Å². The second-order valence-electron chi connectivity index (χ2n) is 4.91. The van der Waals surface area contributed by atoms with Gasteiger partial charge in [-0.3, -0.25) is 9.59 Å². The van der Waals surface area contributed by atoms with Crippen LogP contribution in [0.2, 0.25) is 0 Å². The van der Waals surface area contributed by atoms with Crippen LogP contribution in [0.25, 0.3) is 0 Å². The second-order valence-corrected chi connectivity index (χ2v) is 5.76. The molecule has 0 aliphatic carbocycles. The van der Waals surface area contributed by atoms with Gasteiger partial charge in [0.05, 0.1) is 6.42 Å². The van der Waals surface area contributed by atoms with Gasteiger partial charge in [0, 0.05) is 21.3 Å². The summed E-state index contributed by atoms with van der Waals surface area (Å²) in [6.45, 7) is 1.98. The Hall–Kier alpha value is -1.94. The molecule has 0 bridgehead atoms. The molecule has 2 aromatic carbocycles. The fourth-order valence-corrected chi connectivity index (χ4v) is 3.00. The van der Waals surface area contributed by atoms with Crippen molar-refractivity contribution in [3.05, 3.63) is 63.1 Å². The van der Waals surface area contributed by atoms with Crippen molar-refractivity contribution in [2.24, 2.45) is 0 Å². The molecule has 1 aliphatic heterocycles. The molecule has 2 aromatic rings. The van der Waals surface area contributed by atoms with E-state index in [0.29, 0.717) is 17.5 Å². The molecule has 3 nitrogen and oxygen atoms in total. The third-order valence-corrected chi connectivity index (χ3v) is 4.02. The van der Waals surface area contributed by atoms with Gasteiger partial charge < -0.3 is 5.32 Å². The van der Waals surface area contributed by atoms with Crippen molar-refractivity contribution < 1.29 is 9.59 Å². The van der Waals surface area contributed by atoms with E-state index in [1.165, 1.54) is 0 Å². The van der Waals surface area contributed by atoms with Gasteiger partial charge in [-0.1, -0.05) is 22.0 Å². The van der Waals surface area contributed by atoms with Crippen LogP contribution >= 0.6 is 15.9 Å². The number of nitrogens with one attached hydrogen (secondary N) is 1. The lowest BCUT2D eigenvalue weighted by molar-refractivity contribution is -0.115. The quantitative estimate of drug-likeness (QED) is 0.857. The number of anilines is 1. The number of hydrogen-bond acceptors (Lipinski definition) is 2. The fraction of sp³-hybridized carbons (Fsp3) is 0.125. The molecule has 0 saturated heterocycles. The Morgan fingerprint density at radius 3 is 2.75 bits per heavy atom. The molecule has 0 saturated carbocycles. The first-order valence-corrected chi connectivity index (χ1v) is 7.07. The minimum atomic E-state index is -0.0426. The SMILES string of the molecule is Cc1ccc(C(=O)c2ccc3c(c2)CC(=O)N3)c(Br)c1. The summed E-state index contributed by atoms with van der Waals surface area (Å²) >= 11 is 3.43. The predicted octanol–water partition coefficient (Wildman–Crippen LogP) is 3.48. The molecule has 0 spiro atoms. The number of aryl methyl sites for hydroxylation is 1. The van der Waals surface area contributed by atoms with Crippen molar-refractivity contribution in [2.45, 2.75) is 13.3 Å². The molecule has 0 fully saturated rings. The zero-order valence-electron chi connectivity index (χ0n) is 10.9. The Kier molecular flexibility index (Phi) is 3.18. The maximum atomic E-state index is 12.5. The molecule has 0 aromatic heterocycles. The standard InChI is InChI=1S/C16H12BrNO2/c1-9-2-4-12(13(17)6-9)16(20)10-3-5-14-11(7-10)8-15(19)18-14/h2-7H,8H2,1H3,(H,18,19). The van der Waals surface area contributed by atoms with Crippen molar-refractivity contribution >= 4 is 33.3 Å². The van der Waals surface area contributed by atoms with Crippen molar-refractivity contribution in [1.82, 2.24) is 0 Å². The number of fused-ring (bicyclic) bond motifs is 1. The lowest BCUT2D eigenvalue weighted by Gasteiger charge is -2.06. The Labute approximate surface area is 125 Å². The largest absolute Gasteiger partial charge is 0.326 e. The van der Waals surface area contributed by atoms with Crippen LogP contribution in [0.5, 0.6) is 0 Å². The van der Waals surface area contributed by atoms with Crippen molar-refractivity contribution in [2.75, 3.05) is 5.32 Å². The van der Waals surface area contributed by atoms with E-state index in [-0.39, 0.29) is 11.7 Å². The monoisotopic (exact) mass is 329 g/mol. The summed E-state index contributed by atoms with van der Waals surface area (Å²) in [5.74, 6) is -0.0693. The lowest BCUT2D eigenvalue weighted by Crippen LogP contribution is -2.03. The topological polar surface area (TPSA) is 46.2 Å². The highest BCUT2D eigenvalue weighted by Crippen LogP contribution is 2.27. The average molecular weight is 330 g/mol. The summed E-state index contributed by atoms with van der Waals surface area (Å²) in [7, 11) is 0. The summed E-state index contributed by atoms with van der Waals surface area (Å²) in [5.41, 5.74) is 4.01. The summed E-state index contributed by atoms with van der Waals surface area (Å²) in [6, 6.07) is 11.0. The van der Waals surface area contributed by atoms with Gasteiger partial charge in [0.2, 0.25) is 5.91 Å². The highest BCUT2D eigenvalue weighted by molar-refractivity contribution is 9.10. The van der Waals surface area contributed by atoms with Crippen LogP contribution in [-0.2, 0) is 11.2 Å². The number of ketones is 1. The first-order chi connectivity index (χ1) is 9.54. The molecular formula is C16H12BrNO2. The highest BCUT2D eigenvalue weighted by atomic mass is 79.9. The minimum absolute atomic E-state index is 0.0267.